The van der Waals surface area contributed by atoms with E-state index >= 15 is 0 Å². The van der Waals surface area contributed by atoms with E-state index in [1.54, 1.807) is 0 Å². The van der Waals surface area contributed by atoms with Crippen molar-refractivity contribution in [3.8, 4) is 0 Å². The lowest BCUT2D eigenvalue weighted by Gasteiger charge is -2.15. The molecular formula is C11H17ClN2O4S. The Morgan fingerprint density at radius 2 is 2.11 bits per heavy atom. The number of sulfonamides is 1. The summed E-state index contributed by atoms with van der Waals surface area (Å²) in [6.45, 7) is 0.377. The first-order valence-corrected chi connectivity index (χ1v) is 7.33. The summed E-state index contributed by atoms with van der Waals surface area (Å²) in [7, 11) is -0.713. The number of methoxy groups -OCH3 is 2. The minimum absolute atomic E-state index is 0.0179. The van der Waals surface area contributed by atoms with Crippen molar-refractivity contribution < 1.29 is 17.9 Å². The first-order chi connectivity index (χ1) is 8.90. The van der Waals surface area contributed by atoms with Gasteiger partial charge in [0.25, 0.3) is 0 Å². The normalized spacial score (nSPS) is 13.4. The van der Waals surface area contributed by atoms with Crippen molar-refractivity contribution in [3.05, 3.63) is 23.2 Å². The predicted octanol–water partition coefficient (Wildman–Crippen LogP) is 0.862. The van der Waals surface area contributed by atoms with Crippen LogP contribution in [-0.4, -0.2) is 41.9 Å². The zero-order valence-electron chi connectivity index (χ0n) is 10.7. The number of ether oxygens (including phenoxy) is 2. The Morgan fingerprint density at radius 1 is 1.42 bits per heavy atom. The van der Waals surface area contributed by atoms with Crippen molar-refractivity contribution in [2.45, 2.75) is 11.0 Å². The third-order valence-corrected chi connectivity index (χ3v) is 4.34. The molecule has 0 bridgehead atoms. The number of nitrogens with one attached hydrogen (secondary N) is 1. The van der Waals surface area contributed by atoms with Crippen LogP contribution in [0, 0.1) is 0 Å². The molecule has 6 nitrogen and oxygen atoms in total. The average Bonchev–Trinajstić information content (AvgIpc) is 2.34. The standard InChI is InChI=1S/C11H17ClN2O4S/c1-17-7-9(18-2)6-14-19(15,16)11-4-3-8(13)5-10(11)12/h3-5,9,14H,6-7,13H2,1-2H3. The number of nitrogens with two attached hydrogens (primary N) is 1. The smallest absolute Gasteiger partial charge is 0.242 e. The van der Waals surface area contributed by atoms with E-state index in [9.17, 15) is 8.42 Å². The number of benzene rings is 1. The van der Waals surface area contributed by atoms with Gasteiger partial charge < -0.3 is 15.2 Å². The number of anilines is 1. The molecule has 3 N–H and O–H groups in total. The summed E-state index contributed by atoms with van der Waals surface area (Å²) in [5.74, 6) is 0. The molecule has 0 radical (unpaired) electrons. The second-order valence-electron chi connectivity index (χ2n) is 3.85. The molecule has 0 fully saturated rings. The highest BCUT2D eigenvalue weighted by Crippen LogP contribution is 2.23. The minimum Gasteiger partial charge on any atom is -0.399 e. The van der Waals surface area contributed by atoms with Crippen LogP contribution in [0.25, 0.3) is 0 Å². The quantitative estimate of drug-likeness (QED) is 0.729. The highest BCUT2D eigenvalue weighted by Gasteiger charge is 2.19. The van der Waals surface area contributed by atoms with E-state index in [1.165, 1.54) is 32.4 Å². The predicted molar refractivity (Wildman–Crippen MR) is 73.7 cm³/mol. The number of nitrogen functional groups attached to an aromatic ring is 1. The zero-order valence-corrected chi connectivity index (χ0v) is 12.3. The van der Waals surface area contributed by atoms with Gasteiger partial charge in [-0.2, -0.15) is 0 Å². The van der Waals surface area contributed by atoms with Crippen LogP contribution in [0.2, 0.25) is 5.02 Å². The molecule has 0 aromatic heterocycles. The van der Waals surface area contributed by atoms with E-state index in [-0.39, 0.29) is 29.2 Å². The van der Waals surface area contributed by atoms with Crippen LogP contribution in [-0.2, 0) is 19.5 Å². The van der Waals surface area contributed by atoms with E-state index in [4.69, 9.17) is 26.8 Å². The number of hydrogen-bond donors (Lipinski definition) is 2. The topological polar surface area (TPSA) is 90.7 Å². The summed E-state index contributed by atoms with van der Waals surface area (Å²) in [4.78, 5) is -0.0179. The molecule has 0 spiro atoms. The first-order valence-electron chi connectivity index (χ1n) is 5.47. The average molecular weight is 309 g/mol. The van der Waals surface area contributed by atoms with E-state index < -0.39 is 10.0 Å². The Balaban J connectivity index is 2.81. The Morgan fingerprint density at radius 3 is 2.63 bits per heavy atom. The summed E-state index contributed by atoms with van der Waals surface area (Å²) in [5, 5.41) is 0.0770. The summed E-state index contributed by atoms with van der Waals surface area (Å²) in [5.41, 5.74) is 5.92. The molecule has 1 rings (SSSR count). The molecule has 108 valence electrons. The monoisotopic (exact) mass is 308 g/mol. The lowest BCUT2D eigenvalue weighted by Crippen LogP contribution is -2.35. The van der Waals surface area contributed by atoms with Crippen molar-refractivity contribution in [2.75, 3.05) is 33.1 Å². The minimum atomic E-state index is -3.70. The van der Waals surface area contributed by atoms with Gasteiger partial charge in [0.05, 0.1) is 17.7 Å². The molecule has 1 unspecified atom stereocenters. The highest BCUT2D eigenvalue weighted by molar-refractivity contribution is 7.89. The number of hydrogen-bond acceptors (Lipinski definition) is 5. The third-order valence-electron chi connectivity index (χ3n) is 2.43. The van der Waals surface area contributed by atoms with Gasteiger partial charge in [0.15, 0.2) is 0 Å². The van der Waals surface area contributed by atoms with E-state index in [1.807, 2.05) is 0 Å². The molecule has 1 atom stereocenters. The number of rotatable bonds is 7. The Kier molecular flexibility index (Phi) is 6.02. The summed E-state index contributed by atoms with van der Waals surface area (Å²) in [6, 6.07) is 4.22. The molecule has 0 saturated heterocycles. The van der Waals surface area contributed by atoms with Crippen LogP contribution in [0.5, 0.6) is 0 Å². The number of halogens is 1. The maximum atomic E-state index is 12.1. The molecule has 19 heavy (non-hydrogen) atoms. The van der Waals surface area contributed by atoms with Crippen LogP contribution in [0.1, 0.15) is 0 Å². The van der Waals surface area contributed by atoms with Crippen LogP contribution in [0.15, 0.2) is 23.1 Å². The van der Waals surface area contributed by atoms with Crippen molar-refractivity contribution in [3.63, 3.8) is 0 Å². The van der Waals surface area contributed by atoms with Gasteiger partial charge in [0.2, 0.25) is 10.0 Å². The Hall–Kier alpha value is -0.860. The fourth-order valence-electron chi connectivity index (χ4n) is 1.41. The lowest BCUT2D eigenvalue weighted by atomic mass is 10.3. The van der Waals surface area contributed by atoms with Gasteiger partial charge in [0, 0.05) is 26.5 Å². The van der Waals surface area contributed by atoms with Crippen LogP contribution in [0.4, 0.5) is 5.69 Å². The van der Waals surface area contributed by atoms with E-state index in [0.29, 0.717) is 5.69 Å². The van der Waals surface area contributed by atoms with Gasteiger partial charge in [-0.1, -0.05) is 11.6 Å². The maximum absolute atomic E-state index is 12.1. The fourth-order valence-corrected chi connectivity index (χ4v) is 3.03. The van der Waals surface area contributed by atoms with Crippen molar-refractivity contribution >= 4 is 27.3 Å². The summed E-state index contributed by atoms with van der Waals surface area (Å²) in [6.07, 6.45) is -0.368. The van der Waals surface area contributed by atoms with Crippen molar-refractivity contribution in [1.29, 1.82) is 0 Å². The van der Waals surface area contributed by atoms with Crippen LogP contribution < -0.4 is 10.5 Å². The van der Waals surface area contributed by atoms with E-state index in [2.05, 4.69) is 4.72 Å². The molecule has 0 aliphatic rings. The molecule has 1 aromatic carbocycles. The van der Waals surface area contributed by atoms with Gasteiger partial charge >= 0.3 is 0 Å². The molecule has 8 heteroatoms. The molecule has 0 aliphatic heterocycles. The molecule has 0 amide bonds. The van der Waals surface area contributed by atoms with Crippen LogP contribution in [0.3, 0.4) is 0 Å². The molecule has 0 heterocycles. The second-order valence-corrected chi connectivity index (χ2v) is 6.00. The largest absolute Gasteiger partial charge is 0.399 e. The molecule has 0 aliphatic carbocycles. The van der Waals surface area contributed by atoms with Gasteiger partial charge in [-0.3, -0.25) is 0 Å². The molecule has 0 saturated carbocycles. The van der Waals surface area contributed by atoms with Crippen molar-refractivity contribution in [2.24, 2.45) is 0 Å². The summed E-state index contributed by atoms with van der Waals surface area (Å²) < 4.78 is 36.5. The second kappa shape index (κ2) is 7.06. The fraction of sp³-hybridized carbons (Fsp3) is 0.455. The first kappa shape index (κ1) is 16.2. The van der Waals surface area contributed by atoms with Crippen molar-refractivity contribution in [1.82, 2.24) is 4.72 Å². The third kappa shape index (κ3) is 4.63. The molecular weight excluding hydrogens is 292 g/mol. The lowest BCUT2D eigenvalue weighted by molar-refractivity contribution is 0.0320. The Bertz CT molecular complexity index is 521. The zero-order chi connectivity index (χ0) is 14.5. The van der Waals surface area contributed by atoms with Gasteiger partial charge in [-0.15, -0.1) is 0 Å². The highest BCUT2D eigenvalue weighted by atomic mass is 35.5. The summed E-state index contributed by atoms with van der Waals surface area (Å²) >= 11 is 5.87. The van der Waals surface area contributed by atoms with E-state index in [0.717, 1.165) is 0 Å². The Labute approximate surface area is 117 Å². The van der Waals surface area contributed by atoms with Gasteiger partial charge in [-0.25, -0.2) is 13.1 Å². The van der Waals surface area contributed by atoms with Crippen LogP contribution >= 0.6 is 11.6 Å². The SMILES string of the molecule is COCC(CNS(=O)(=O)c1ccc(N)cc1Cl)OC. The van der Waals surface area contributed by atoms with Gasteiger partial charge in [-0.05, 0) is 18.2 Å². The molecule has 1 aromatic rings. The maximum Gasteiger partial charge on any atom is 0.242 e. The van der Waals surface area contributed by atoms with Gasteiger partial charge in [0.1, 0.15) is 4.90 Å².